The molecule has 0 aromatic heterocycles. The Morgan fingerprint density at radius 1 is 1.50 bits per heavy atom. The summed E-state index contributed by atoms with van der Waals surface area (Å²) in [5, 5.41) is 12.9. The fraction of sp³-hybridized carbons (Fsp3) is 0.429. The molecule has 12 heavy (non-hydrogen) atoms. The Hall–Kier alpha value is -1.52. The average Bonchev–Trinajstić information content (AvgIpc) is 2.00. The van der Waals surface area contributed by atoms with E-state index in [0.29, 0.717) is 0 Å². The minimum atomic E-state index is -1.06. The SMILES string of the molecule is C/C=C/NC(=O)NC(C)C(=O)O. The molecule has 1 atom stereocenters. The van der Waals surface area contributed by atoms with Crippen molar-refractivity contribution in [3.05, 3.63) is 12.3 Å². The lowest BCUT2D eigenvalue weighted by atomic mass is 10.3. The summed E-state index contributed by atoms with van der Waals surface area (Å²) in [7, 11) is 0. The molecule has 0 aromatic carbocycles. The van der Waals surface area contributed by atoms with Crippen molar-refractivity contribution in [1.29, 1.82) is 0 Å². The highest BCUT2D eigenvalue weighted by Gasteiger charge is 2.12. The van der Waals surface area contributed by atoms with Gasteiger partial charge in [0.05, 0.1) is 0 Å². The van der Waals surface area contributed by atoms with E-state index < -0.39 is 18.0 Å². The number of hydrogen-bond acceptors (Lipinski definition) is 2. The number of allylic oxidation sites excluding steroid dienone is 1. The Labute approximate surface area is 70.5 Å². The normalized spacial score (nSPS) is 12.5. The van der Waals surface area contributed by atoms with Crippen molar-refractivity contribution in [2.24, 2.45) is 0 Å². The Morgan fingerprint density at radius 2 is 2.08 bits per heavy atom. The highest BCUT2D eigenvalue weighted by molar-refractivity contribution is 5.82. The molecule has 0 saturated heterocycles. The molecule has 5 heteroatoms. The summed E-state index contributed by atoms with van der Waals surface area (Å²) in [4.78, 5) is 21.0. The minimum absolute atomic E-state index is 0.525. The van der Waals surface area contributed by atoms with Crippen molar-refractivity contribution < 1.29 is 14.7 Å². The summed E-state index contributed by atoms with van der Waals surface area (Å²) in [6.07, 6.45) is 3.05. The average molecular weight is 172 g/mol. The molecule has 3 N–H and O–H groups in total. The van der Waals surface area contributed by atoms with Crippen LogP contribution in [0.1, 0.15) is 13.8 Å². The molecule has 0 spiro atoms. The van der Waals surface area contributed by atoms with E-state index in [2.05, 4.69) is 10.6 Å². The highest BCUT2D eigenvalue weighted by atomic mass is 16.4. The van der Waals surface area contributed by atoms with Gasteiger partial charge in [0.15, 0.2) is 0 Å². The lowest BCUT2D eigenvalue weighted by molar-refractivity contribution is -0.138. The van der Waals surface area contributed by atoms with Crippen molar-refractivity contribution in [2.45, 2.75) is 19.9 Å². The second-order valence-corrected chi connectivity index (χ2v) is 2.18. The summed E-state index contributed by atoms with van der Waals surface area (Å²) < 4.78 is 0. The van der Waals surface area contributed by atoms with E-state index >= 15 is 0 Å². The molecule has 0 fully saturated rings. The van der Waals surface area contributed by atoms with Crippen molar-refractivity contribution in [1.82, 2.24) is 10.6 Å². The van der Waals surface area contributed by atoms with Gasteiger partial charge < -0.3 is 15.7 Å². The van der Waals surface area contributed by atoms with Crippen LogP contribution >= 0.6 is 0 Å². The first-order valence-corrected chi connectivity index (χ1v) is 3.49. The zero-order valence-corrected chi connectivity index (χ0v) is 7.00. The van der Waals surface area contributed by atoms with Crippen LogP contribution in [0.5, 0.6) is 0 Å². The van der Waals surface area contributed by atoms with Gasteiger partial charge in [0.1, 0.15) is 6.04 Å². The van der Waals surface area contributed by atoms with E-state index in [-0.39, 0.29) is 0 Å². The van der Waals surface area contributed by atoms with Gasteiger partial charge in [-0.25, -0.2) is 4.79 Å². The maximum absolute atomic E-state index is 10.8. The maximum atomic E-state index is 10.8. The van der Waals surface area contributed by atoms with Crippen LogP contribution in [-0.4, -0.2) is 23.1 Å². The molecule has 0 rings (SSSR count). The van der Waals surface area contributed by atoms with Crippen LogP contribution in [0.25, 0.3) is 0 Å². The molecule has 2 amide bonds. The number of carboxylic acid groups (broad SMARTS) is 1. The smallest absolute Gasteiger partial charge is 0.325 e. The van der Waals surface area contributed by atoms with Crippen molar-refractivity contribution in [3.63, 3.8) is 0 Å². The monoisotopic (exact) mass is 172 g/mol. The minimum Gasteiger partial charge on any atom is -0.480 e. The molecule has 0 aliphatic rings. The molecular formula is C7H12N2O3. The van der Waals surface area contributed by atoms with Gasteiger partial charge in [-0.15, -0.1) is 0 Å². The van der Waals surface area contributed by atoms with Crippen LogP contribution in [0.2, 0.25) is 0 Å². The molecule has 5 nitrogen and oxygen atoms in total. The number of carbonyl (C=O) groups is 2. The summed E-state index contributed by atoms with van der Waals surface area (Å²) >= 11 is 0. The Bertz CT molecular complexity index is 201. The van der Waals surface area contributed by atoms with Crippen molar-refractivity contribution in [2.75, 3.05) is 0 Å². The first-order valence-electron chi connectivity index (χ1n) is 3.49. The molecule has 1 unspecified atom stereocenters. The third-order valence-electron chi connectivity index (χ3n) is 1.10. The molecule has 0 heterocycles. The van der Waals surface area contributed by atoms with Gasteiger partial charge in [-0.1, -0.05) is 6.08 Å². The van der Waals surface area contributed by atoms with Gasteiger partial charge >= 0.3 is 12.0 Å². The molecule has 0 aromatic rings. The molecule has 0 aliphatic carbocycles. The standard InChI is InChI=1S/C7H12N2O3/c1-3-4-8-7(12)9-5(2)6(10)11/h3-5H,1-2H3,(H,10,11)(H2,8,9,12)/b4-3+. The molecule has 0 radical (unpaired) electrons. The first-order chi connectivity index (χ1) is 5.57. The molecule has 0 bridgehead atoms. The number of carboxylic acids is 1. The van der Waals surface area contributed by atoms with Crippen molar-refractivity contribution >= 4 is 12.0 Å². The number of amides is 2. The first kappa shape index (κ1) is 10.5. The highest BCUT2D eigenvalue weighted by Crippen LogP contribution is 1.80. The largest absolute Gasteiger partial charge is 0.480 e. The van der Waals surface area contributed by atoms with Gasteiger partial charge in [0.25, 0.3) is 0 Å². The van der Waals surface area contributed by atoms with Gasteiger partial charge in [0.2, 0.25) is 0 Å². The predicted molar refractivity (Wildman–Crippen MR) is 43.6 cm³/mol. The van der Waals surface area contributed by atoms with E-state index in [1.54, 1.807) is 13.0 Å². The van der Waals surface area contributed by atoms with Crippen molar-refractivity contribution in [3.8, 4) is 0 Å². The topological polar surface area (TPSA) is 78.4 Å². The van der Waals surface area contributed by atoms with Crippen LogP contribution in [-0.2, 0) is 4.79 Å². The summed E-state index contributed by atoms with van der Waals surface area (Å²) in [6, 6.07) is -1.40. The predicted octanol–water partition coefficient (Wildman–Crippen LogP) is 0.292. The Morgan fingerprint density at radius 3 is 2.50 bits per heavy atom. The zero-order chi connectivity index (χ0) is 9.56. The fourth-order valence-corrected chi connectivity index (χ4v) is 0.459. The number of urea groups is 1. The lowest BCUT2D eigenvalue weighted by Crippen LogP contribution is -2.42. The van der Waals surface area contributed by atoms with Gasteiger partial charge in [-0.3, -0.25) is 4.79 Å². The number of carbonyl (C=O) groups excluding carboxylic acids is 1. The Balaban J connectivity index is 3.76. The van der Waals surface area contributed by atoms with E-state index in [9.17, 15) is 9.59 Å². The second kappa shape index (κ2) is 5.17. The van der Waals surface area contributed by atoms with E-state index in [1.165, 1.54) is 13.1 Å². The maximum Gasteiger partial charge on any atom is 0.325 e. The summed E-state index contributed by atoms with van der Waals surface area (Å²) in [5.41, 5.74) is 0. The van der Waals surface area contributed by atoms with Crippen LogP contribution in [0.15, 0.2) is 12.3 Å². The number of nitrogens with one attached hydrogen (secondary N) is 2. The summed E-state index contributed by atoms with van der Waals surface area (Å²) in [6.45, 7) is 3.12. The number of aliphatic carboxylic acids is 1. The van der Waals surface area contributed by atoms with E-state index in [4.69, 9.17) is 5.11 Å². The third-order valence-corrected chi connectivity index (χ3v) is 1.10. The van der Waals surface area contributed by atoms with Crippen LogP contribution in [0.3, 0.4) is 0 Å². The van der Waals surface area contributed by atoms with Gasteiger partial charge in [-0.05, 0) is 13.8 Å². The Kier molecular flexibility index (Phi) is 4.52. The number of hydrogen-bond donors (Lipinski definition) is 3. The molecular weight excluding hydrogens is 160 g/mol. The number of rotatable bonds is 3. The molecule has 68 valence electrons. The zero-order valence-electron chi connectivity index (χ0n) is 7.00. The lowest BCUT2D eigenvalue weighted by Gasteiger charge is -2.07. The van der Waals surface area contributed by atoms with Crippen LogP contribution in [0, 0.1) is 0 Å². The van der Waals surface area contributed by atoms with Crippen LogP contribution in [0.4, 0.5) is 4.79 Å². The van der Waals surface area contributed by atoms with Gasteiger partial charge in [0, 0.05) is 6.20 Å². The quantitative estimate of drug-likeness (QED) is 0.572. The molecule has 0 saturated carbocycles. The third kappa shape index (κ3) is 4.32. The van der Waals surface area contributed by atoms with Crippen LogP contribution < -0.4 is 10.6 Å². The van der Waals surface area contributed by atoms with Gasteiger partial charge in [-0.2, -0.15) is 0 Å². The van der Waals surface area contributed by atoms with E-state index in [1.807, 2.05) is 0 Å². The summed E-state index contributed by atoms with van der Waals surface area (Å²) in [5.74, 6) is -1.06. The van der Waals surface area contributed by atoms with E-state index in [0.717, 1.165) is 0 Å². The second-order valence-electron chi connectivity index (χ2n) is 2.18. The molecule has 0 aliphatic heterocycles. The fourth-order valence-electron chi connectivity index (χ4n) is 0.459.